The molecule has 0 radical (unpaired) electrons. The number of aliphatic hydroxyl groups is 2. The molecule has 0 saturated heterocycles. The maximum atomic E-state index is 8.83. The van der Waals surface area contributed by atoms with Crippen molar-refractivity contribution in [3.63, 3.8) is 0 Å². The molecule has 0 aromatic rings. The first-order valence-corrected chi connectivity index (χ1v) is 8.32. The van der Waals surface area contributed by atoms with E-state index in [0.717, 1.165) is 5.75 Å². The van der Waals surface area contributed by atoms with Crippen molar-refractivity contribution in [1.82, 2.24) is 0 Å². The standard InChI is InChI=1S/C5H12O2S.C5H12S.C3H8S/c1-2-4(6)5(7)3-8;1-4(2)5(3)6;1-2-3-4/h4-8H,2-3H2,1H3;4-6H,1-3H3;4H,2-3H2,1H3. The molecular formula is C13H32O2S3. The second-order valence-corrected chi connectivity index (χ2v) is 6.06. The van der Waals surface area contributed by atoms with Gasteiger partial charge in [-0.15, -0.1) is 0 Å². The SMILES string of the molecule is CC(C)C(C)S.CCC(O)C(O)CS.CCCS. The third kappa shape index (κ3) is 22.2. The van der Waals surface area contributed by atoms with Gasteiger partial charge in [0.2, 0.25) is 0 Å². The lowest BCUT2D eigenvalue weighted by Crippen LogP contribution is -2.26. The van der Waals surface area contributed by atoms with Crippen LogP contribution in [0, 0.1) is 5.92 Å². The molecule has 3 unspecified atom stereocenters. The Morgan fingerprint density at radius 3 is 1.33 bits per heavy atom. The van der Waals surface area contributed by atoms with E-state index in [-0.39, 0.29) is 0 Å². The summed E-state index contributed by atoms with van der Waals surface area (Å²) in [5.74, 6) is 2.06. The number of thiol groups is 3. The highest BCUT2D eigenvalue weighted by molar-refractivity contribution is 7.81. The van der Waals surface area contributed by atoms with Crippen molar-refractivity contribution in [2.75, 3.05) is 11.5 Å². The van der Waals surface area contributed by atoms with Crippen LogP contribution < -0.4 is 0 Å². The smallest absolute Gasteiger partial charge is 0.0886 e. The van der Waals surface area contributed by atoms with Gasteiger partial charge in [0.25, 0.3) is 0 Å². The predicted molar refractivity (Wildman–Crippen MR) is 93.6 cm³/mol. The molecule has 2 N–H and O–H groups in total. The molecule has 0 spiro atoms. The Hall–Kier alpha value is 0.970. The molecule has 0 aromatic heterocycles. The zero-order chi connectivity index (χ0) is 15.1. The molecule has 0 aliphatic carbocycles. The molecular weight excluding hydrogens is 284 g/mol. The fraction of sp³-hybridized carbons (Fsp3) is 1.00. The summed E-state index contributed by atoms with van der Waals surface area (Å²) in [5.41, 5.74) is 0. The average Bonchev–Trinajstić information content (AvgIpc) is 2.37. The number of rotatable bonds is 5. The minimum absolute atomic E-state index is 0.328. The number of aliphatic hydroxyl groups excluding tert-OH is 2. The third-order valence-corrected chi connectivity index (χ3v) is 3.66. The lowest BCUT2D eigenvalue weighted by atomic mass is 10.2. The molecule has 0 fully saturated rings. The highest BCUT2D eigenvalue weighted by Gasteiger charge is 2.10. The van der Waals surface area contributed by atoms with Crippen molar-refractivity contribution < 1.29 is 10.2 Å². The van der Waals surface area contributed by atoms with Gasteiger partial charge in [-0.3, -0.25) is 0 Å². The van der Waals surface area contributed by atoms with E-state index in [0.29, 0.717) is 23.3 Å². The van der Waals surface area contributed by atoms with Crippen molar-refractivity contribution >= 4 is 37.9 Å². The van der Waals surface area contributed by atoms with Crippen molar-refractivity contribution in [1.29, 1.82) is 0 Å². The Morgan fingerprint density at radius 2 is 1.28 bits per heavy atom. The van der Waals surface area contributed by atoms with Gasteiger partial charge in [0, 0.05) is 11.0 Å². The van der Waals surface area contributed by atoms with Crippen LogP contribution in [0.5, 0.6) is 0 Å². The van der Waals surface area contributed by atoms with E-state index < -0.39 is 12.2 Å². The molecule has 0 aromatic carbocycles. The second-order valence-electron chi connectivity index (χ2n) is 4.43. The van der Waals surface area contributed by atoms with E-state index in [9.17, 15) is 0 Å². The first-order chi connectivity index (χ1) is 8.28. The zero-order valence-corrected chi connectivity index (χ0v) is 15.1. The summed E-state index contributed by atoms with van der Waals surface area (Å²) < 4.78 is 0. The molecule has 0 amide bonds. The molecule has 0 heterocycles. The van der Waals surface area contributed by atoms with Crippen LogP contribution in [-0.2, 0) is 0 Å². The molecule has 0 bridgehead atoms. The van der Waals surface area contributed by atoms with Crippen molar-refractivity contribution in [3.8, 4) is 0 Å². The molecule has 0 aliphatic heterocycles. The van der Waals surface area contributed by atoms with Gasteiger partial charge in [-0.1, -0.05) is 34.6 Å². The third-order valence-electron chi connectivity index (χ3n) is 2.24. The Morgan fingerprint density at radius 1 is 0.944 bits per heavy atom. The predicted octanol–water partition coefficient (Wildman–Crippen LogP) is 3.33. The maximum Gasteiger partial charge on any atom is 0.0886 e. The Kier molecular flexibility index (Phi) is 24.0. The quantitative estimate of drug-likeness (QED) is 0.505. The second kappa shape index (κ2) is 18.0. The first-order valence-electron chi connectivity index (χ1n) is 6.54. The van der Waals surface area contributed by atoms with Gasteiger partial charge in [-0.05, 0) is 24.5 Å². The van der Waals surface area contributed by atoms with Crippen molar-refractivity contribution in [2.24, 2.45) is 5.92 Å². The van der Waals surface area contributed by atoms with Gasteiger partial charge in [0.15, 0.2) is 0 Å². The van der Waals surface area contributed by atoms with Crippen LogP contribution in [0.25, 0.3) is 0 Å². The van der Waals surface area contributed by atoms with Crippen molar-refractivity contribution in [2.45, 2.75) is 64.9 Å². The molecule has 0 saturated carbocycles. The largest absolute Gasteiger partial charge is 0.390 e. The maximum absolute atomic E-state index is 8.83. The monoisotopic (exact) mass is 316 g/mol. The summed E-state index contributed by atoms with van der Waals surface area (Å²) in [5, 5.41) is 18.2. The van der Waals surface area contributed by atoms with Crippen LogP contribution in [0.2, 0.25) is 0 Å². The van der Waals surface area contributed by atoms with E-state index in [1.165, 1.54) is 6.42 Å². The average molecular weight is 317 g/mol. The minimum Gasteiger partial charge on any atom is -0.390 e. The van der Waals surface area contributed by atoms with E-state index >= 15 is 0 Å². The summed E-state index contributed by atoms with van der Waals surface area (Å²) in [6.45, 7) is 10.4. The number of hydrogen-bond acceptors (Lipinski definition) is 5. The molecule has 114 valence electrons. The molecule has 2 nitrogen and oxygen atoms in total. The molecule has 18 heavy (non-hydrogen) atoms. The Balaban J connectivity index is -0.000000200. The lowest BCUT2D eigenvalue weighted by molar-refractivity contribution is 0.0325. The van der Waals surface area contributed by atoms with Crippen LogP contribution in [-0.4, -0.2) is 39.2 Å². The fourth-order valence-corrected chi connectivity index (χ4v) is 0.637. The highest BCUT2D eigenvalue weighted by Crippen LogP contribution is 2.05. The summed E-state index contributed by atoms with van der Waals surface area (Å²) in [6, 6.07) is 0. The van der Waals surface area contributed by atoms with Gasteiger partial charge < -0.3 is 10.2 Å². The first kappa shape index (κ1) is 24.0. The Bertz CT molecular complexity index is 128. The van der Waals surface area contributed by atoms with Crippen LogP contribution in [0.1, 0.15) is 47.5 Å². The van der Waals surface area contributed by atoms with E-state index in [1.54, 1.807) is 0 Å². The van der Waals surface area contributed by atoms with Crippen molar-refractivity contribution in [3.05, 3.63) is 0 Å². The van der Waals surface area contributed by atoms with Gasteiger partial charge in [-0.25, -0.2) is 0 Å². The topological polar surface area (TPSA) is 40.5 Å². The van der Waals surface area contributed by atoms with Gasteiger partial charge >= 0.3 is 0 Å². The fourth-order valence-electron chi connectivity index (χ4n) is 0.394. The summed E-state index contributed by atoms with van der Waals surface area (Å²) in [4.78, 5) is 0. The van der Waals surface area contributed by atoms with Crippen LogP contribution >= 0.6 is 37.9 Å². The van der Waals surface area contributed by atoms with Gasteiger partial charge in [-0.2, -0.15) is 37.9 Å². The Labute approximate surface area is 130 Å². The highest BCUT2D eigenvalue weighted by atomic mass is 32.1. The lowest BCUT2D eigenvalue weighted by Gasteiger charge is -2.11. The van der Waals surface area contributed by atoms with Gasteiger partial charge in [0.05, 0.1) is 12.2 Å². The zero-order valence-electron chi connectivity index (χ0n) is 12.4. The summed E-state index contributed by atoms with van der Waals surface area (Å²) in [6.07, 6.45) is 0.501. The van der Waals surface area contributed by atoms with Crippen LogP contribution in [0.4, 0.5) is 0 Å². The number of hydrogen-bond donors (Lipinski definition) is 5. The molecule has 0 aliphatic rings. The molecule has 3 atom stereocenters. The molecule has 5 heteroatoms. The summed E-state index contributed by atoms with van der Waals surface area (Å²) >= 11 is 11.9. The van der Waals surface area contributed by atoms with Crippen LogP contribution in [0.3, 0.4) is 0 Å². The van der Waals surface area contributed by atoms with E-state index in [2.05, 4.69) is 65.6 Å². The molecule has 0 rings (SSSR count). The van der Waals surface area contributed by atoms with Gasteiger partial charge in [0.1, 0.15) is 0 Å². The minimum atomic E-state index is -0.664. The van der Waals surface area contributed by atoms with E-state index in [1.807, 2.05) is 6.92 Å². The summed E-state index contributed by atoms with van der Waals surface area (Å²) in [7, 11) is 0. The normalized spacial score (nSPS) is 14.8. The van der Waals surface area contributed by atoms with E-state index in [4.69, 9.17) is 10.2 Å². The van der Waals surface area contributed by atoms with Crippen LogP contribution in [0.15, 0.2) is 0 Å².